The van der Waals surface area contributed by atoms with Gasteiger partial charge in [-0.3, -0.25) is 0 Å². The number of nitrogens with zero attached hydrogens (tertiary/aromatic N) is 4. The number of ether oxygens (including phenoxy) is 1. The van der Waals surface area contributed by atoms with Crippen molar-refractivity contribution in [2.45, 2.75) is 18.9 Å². The Labute approximate surface area is 198 Å². The average Bonchev–Trinajstić information content (AvgIpc) is 2.74. The minimum Gasteiger partial charge on any atom is -0.487 e. The Morgan fingerprint density at radius 3 is 2.79 bits per heavy atom. The number of sulfonamides is 1. The van der Waals surface area contributed by atoms with Crippen molar-refractivity contribution in [3.63, 3.8) is 0 Å². The summed E-state index contributed by atoms with van der Waals surface area (Å²) in [4.78, 5) is 8.29. The van der Waals surface area contributed by atoms with Gasteiger partial charge in [0.25, 0.3) is 0 Å². The van der Waals surface area contributed by atoms with Crippen LogP contribution in [-0.2, 0) is 20.1 Å². The maximum absolute atomic E-state index is 15.0. The molecule has 1 N–H and O–H groups in total. The van der Waals surface area contributed by atoms with Gasteiger partial charge in [0.15, 0.2) is 0 Å². The summed E-state index contributed by atoms with van der Waals surface area (Å²) in [5.41, 5.74) is 6.74. The number of piperidine rings is 1. The molecule has 0 unspecified atom stereocenters. The first-order valence-electron chi connectivity index (χ1n) is 10.3. The van der Waals surface area contributed by atoms with E-state index in [-0.39, 0.29) is 23.5 Å². The predicted molar refractivity (Wildman–Crippen MR) is 130 cm³/mol. The fourth-order valence-electron chi connectivity index (χ4n) is 3.75. The Hall–Kier alpha value is -3.05. The van der Waals surface area contributed by atoms with Crippen LogP contribution < -0.4 is 10.1 Å². The van der Waals surface area contributed by atoms with Crippen LogP contribution in [0.2, 0.25) is 0 Å². The molecule has 2 heterocycles. The van der Waals surface area contributed by atoms with Gasteiger partial charge in [0, 0.05) is 24.9 Å². The van der Waals surface area contributed by atoms with E-state index in [0.29, 0.717) is 36.3 Å². The van der Waals surface area contributed by atoms with E-state index in [0.717, 1.165) is 6.26 Å². The number of anilines is 2. The summed E-state index contributed by atoms with van der Waals surface area (Å²) in [5, 5.41) is 3.14. The Kier molecular flexibility index (Phi) is 6.85. The van der Waals surface area contributed by atoms with Crippen LogP contribution in [0.5, 0.6) is 5.75 Å². The highest BCUT2D eigenvalue weighted by atomic mass is 32.2. The number of hydrogen-bond donors (Lipinski definition) is 1. The standard InChI is InChI=1S/C22H23F2N5O3S2/c1-33(2)28-15-10-17(24)21-19(11-15)25-13-26-22(21)27-18-7-6-14(23)9-20(18)32-16-5-4-8-29(12-16)34(3,30)31/h1,6-7,9-11,13,16H,4-5,8,12H2,2-3H3,(H,25,26,27)/t16-/m1/s1. The molecule has 1 atom stereocenters. The lowest BCUT2D eigenvalue weighted by Crippen LogP contribution is -2.43. The summed E-state index contributed by atoms with van der Waals surface area (Å²) in [6, 6.07) is 6.73. The summed E-state index contributed by atoms with van der Waals surface area (Å²) in [6.07, 6.45) is 4.89. The van der Waals surface area contributed by atoms with Gasteiger partial charge in [-0.2, -0.15) is 4.31 Å². The number of aromatic nitrogens is 2. The predicted octanol–water partition coefficient (Wildman–Crippen LogP) is 4.11. The van der Waals surface area contributed by atoms with Crippen LogP contribution in [0, 0.1) is 17.3 Å². The van der Waals surface area contributed by atoms with Gasteiger partial charge < -0.3 is 10.1 Å². The molecule has 1 aromatic heterocycles. The van der Waals surface area contributed by atoms with E-state index in [1.807, 2.05) is 0 Å². The summed E-state index contributed by atoms with van der Waals surface area (Å²) >= 11 is 0. The van der Waals surface area contributed by atoms with E-state index < -0.39 is 37.9 Å². The molecule has 1 aliphatic heterocycles. The SMILES string of the molecule is C#S(C)=Nc1cc(F)c2c(Nc3ccc(F)cc3O[C@@H]3CCCN(S(C)(=O)=O)C3)ncnc2c1. The second kappa shape index (κ2) is 9.67. The van der Waals surface area contributed by atoms with Crippen LogP contribution in [-0.4, -0.2) is 54.4 Å². The van der Waals surface area contributed by atoms with Crippen LogP contribution in [0.25, 0.3) is 10.9 Å². The summed E-state index contributed by atoms with van der Waals surface area (Å²) in [5.74, 6) is -0.795. The molecule has 180 valence electrons. The second-order valence-corrected chi connectivity index (χ2v) is 11.1. The number of fused-ring (bicyclic) bond motifs is 1. The van der Waals surface area contributed by atoms with Crippen molar-refractivity contribution in [3.05, 3.63) is 48.3 Å². The molecule has 1 saturated heterocycles. The lowest BCUT2D eigenvalue weighted by atomic mass is 10.1. The smallest absolute Gasteiger partial charge is 0.211 e. The molecule has 12 heteroatoms. The van der Waals surface area contributed by atoms with Crippen LogP contribution in [0.4, 0.5) is 26.0 Å². The van der Waals surface area contributed by atoms with Crippen molar-refractivity contribution in [2.75, 3.05) is 30.9 Å². The molecule has 0 saturated carbocycles. The third-order valence-electron chi connectivity index (χ3n) is 5.22. The molecule has 0 aliphatic carbocycles. The Morgan fingerprint density at radius 1 is 1.26 bits per heavy atom. The van der Waals surface area contributed by atoms with Gasteiger partial charge in [-0.05, 0) is 31.0 Å². The normalized spacial score (nSPS) is 17.6. The Balaban J connectivity index is 1.67. The lowest BCUT2D eigenvalue weighted by molar-refractivity contribution is 0.130. The van der Waals surface area contributed by atoms with E-state index in [4.69, 9.17) is 10.4 Å². The number of halogens is 2. The maximum Gasteiger partial charge on any atom is 0.211 e. The molecular formula is C22H23F2N5O3S2. The van der Waals surface area contributed by atoms with Crippen LogP contribution >= 0.6 is 0 Å². The van der Waals surface area contributed by atoms with Gasteiger partial charge in [0.05, 0.1) is 35.1 Å². The van der Waals surface area contributed by atoms with Gasteiger partial charge in [-0.1, -0.05) is 15.8 Å². The first-order valence-corrected chi connectivity index (χ1v) is 13.8. The minimum absolute atomic E-state index is 0.130. The monoisotopic (exact) mass is 507 g/mol. The zero-order chi connectivity index (χ0) is 24.5. The zero-order valence-corrected chi connectivity index (χ0v) is 20.2. The highest BCUT2D eigenvalue weighted by Gasteiger charge is 2.28. The van der Waals surface area contributed by atoms with Crippen molar-refractivity contribution < 1.29 is 21.9 Å². The van der Waals surface area contributed by atoms with Crippen molar-refractivity contribution in [1.82, 2.24) is 14.3 Å². The van der Waals surface area contributed by atoms with Gasteiger partial charge in [0.2, 0.25) is 10.0 Å². The number of benzene rings is 2. The van der Waals surface area contributed by atoms with Crippen molar-refractivity contribution in [3.8, 4) is 11.4 Å². The molecule has 0 amide bonds. The zero-order valence-electron chi connectivity index (χ0n) is 18.5. The third-order valence-corrected chi connectivity index (χ3v) is 6.99. The van der Waals surface area contributed by atoms with Crippen LogP contribution in [0.1, 0.15) is 12.8 Å². The molecule has 1 fully saturated rings. The molecule has 4 rings (SSSR count). The molecule has 8 nitrogen and oxygen atoms in total. The summed E-state index contributed by atoms with van der Waals surface area (Å²) in [7, 11) is -4.13. The highest BCUT2D eigenvalue weighted by molar-refractivity contribution is 7.88. The maximum atomic E-state index is 15.0. The van der Waals surface area contributed by atoms with Gasteiger partial charge >= 0.3 is 0 Å². The molecule has 0 spiro atoms. The fraction of sp³-hybridized carbons (Fsp3) is 0.318. The van der Waals surface area contributed by atoms with Gasteiger partial charge in [-0.25, -0.2) is 31.5 Å². The fourth-order valence-corrected chi connectivity index (χ4v) is 5.08. The molecule has 1 aliphatic rings. The first-order chi connectivity index (χ1) is 16.1. The molecule has 0 bridgehead atoms. The van der Waals surface area contributed by atoms with E-state index >= 15 is 0 Å². The Morgan fingerprint density at radius 2 is 2.06 bits per heavy atom. The highest BCUT2D eigenvalue weighted by Crippen LogP contribution is 2.34. The van der Waals surface area contributed by atoms with Gasteiger partial charge in [-0.15, -0.1) is 0 Å². The Bertz CT molecular complexity index is 1490. The third kappa shape index (κ3) is 5.53. The summed E-state index contributed by atoms with van der Waals surface area (Å²) in [6.45, 7) is 0.573. The second-order valence-electron chi connectivity index (χ2n) is 7.93. The van der Waals surface area contributed by atoms with Crippen LogP contribution in [0.3, 0.4) is 0 Å². The molecule has 34 heavy (non-hydrogen) atoms. The van der Waals surface area contributed by atoms with E-state index in [2.05, 4.69) is 19.6 Å². The first kappa shape index (κ1) is 24.1. The number of nitrogens with one attached hydrogen (secondary N) is 1. The quantitative estimate of drug-likeness (QED) is 0.540. The van der Waals surface area contributed by atoms with E-state index in [9.17, 15) is 17.2 Å². The number of hydrogen-bond acceptors (Lipinski definition) is 7. The topological polar surface area (TPSA) is 96.8 Å². The molecule has 3 aromatic rings. The average molecular weight is 508 g/mol. The van der Waals surface area contributed by atoms with Crippen LogP contribution in [0.15, 0.2) is 41.0 Å². The van der Waals surface area contributed by atoms with Crippen molar-refractivity contribution in [2.24, 2.45) is 4.36 Å². The molecular weight excluding hydrogens is 484 g/mol. The minimum atomic E-state index is -3.37. The van der Waals surface area contributed by atoms with E-state index in [1.165, 1.54) is 34.9 Å². The molecule has 0 radical (unpaired) electrons. The number of rotatable bonds is 6. The molecule has 2 aromatic carbocycles. The van der Waals surface area contributed by atoms with Gasteiger partial charge in [0.1, 0.15) is 35.6 Å². The summed E-state index contributed by atoms with van der Waals surface area (Å²) < 4.78 is 64.4. The largest absolute Gasteiger partial charge is 0.487 e. The van der Waals surface area contributed by atoms with Crippen molar-refractivity contribution >= 4 is 48.2 Å². The van der Waals surface area contributed by atoms with E-state index in [1.54, 1.807) is 12.3 Å². The van der Waals surface area contributed by atoms with Crippen molar-refractivity contribution in [1.29, 1.82) is 0 Å². The lowest BCUT2D eigenvalue weighted by Gasteiger charge is -2.31.